The Morgan fingerprint density at radius 2 is 2.19 bits per heavy atom. The van der Waals surface area contributed by atoms with E-state index < -0.39 is 11.6 Å². The van der Waals surface area contributed by atoms with Crippen LogP contribution in [0.1, 0.15) is 0 Å². The van der Waals surface area contributed by atoms with Gasteiger partial charge in [-0.25, -0.2) is 18.7 Å². The fourth-order valence-electron chi connectivity index (χ4n) is 1.03. The molecule has 0 fully saturated rings. The van der Waals surface area contributed by atoms with Gasteiger partial charge >= 0.3 is 0 Å². The van der Waals surface area contributed by atoms with Gasteiger partial charge in [0.15, 0.2) is 22.6 Å². The number of nitrogens with one attached hydrogen (secondary N) is 2. The van der Waals surface area contributed by atoms with E-state index in [-0.39, 0.29) is 10.8 Å². The van der Waals surface area contributed by atoms with Crippen LogP contribution in [0.25, 0.3) is 0 Å². The molecule has 2 heterocycles. The van der Waals surface area contributed by atoms with Crippen LogP contribution >= 0.6 is 11.8 Å². The Balaban J connectivity index is 2.33. The zero-order valence-corrected chi connectivity index (χ0v) is 8.98. The van der Waals surface area contributed by atoms with E-state index >= 15 is 0 Å². The molecule has 2 rings (SSSR count). The van der Waals surface area contributed by atoms with Crippen LogP contribution in [0.3, 0.4) is 0 Å². The number of H-pyrrole nitrogens is 1. The summed E-state index contributed by atoms with van der Waals surface area (Å²) in [5.74, 6) is -1.48. The van der Waals surface area contributed by atoms with E-state index in [9.17, 15) is 8.78 Å². The topological polar surface area (TPSA) is 66.5 Å². The lowest BCUT2D eigenvalue weighted by Crippen LogP contribution is -1.99. The molecule has 0 aliphatic carbocycles. The van der Waals surface area contributed by atoms with Gasteiger partial charge in [0.25, 0.3) is 0 Å². The molecule has 0 radical (unpaired) electrons. The first kappa shape index (κ1) is 10.8. The minimum Gasteiger partial charge on any atom is -0.371 e. The molecular formula is C8H7F2N5S. The summed E-state index contributed by atoms with van der Waals surface area (Å²) in [6.07, 6.45) is 1.29. The van der Waals surface area contributed by atoms with E-state index in [4.69, 9.17) is 0 Å². The average molecular weight is 243 g/mol. The predicted molar refractivity (Wildman–Crippen MR) is 54.2 cm³/mol. The predicted octanol–water partition coefficient (Wildman–Crippen LogP) is 1.67. The highest BCUT2D eigenvalue weighted by atomic mass is 32.2. The van der Waals surface area contributed by atoms with Crippen molar-refractivity contribution in [1.29, 1.82) is 0 Å². The molecule has 8 heteroatoms. The van der Waals surface area contributed by atoms with Gasteiger partial charge in [0.1, 0.15) is 11.4 Å². The molecule has 16 heavy (non-hydrogen) atoms. The zero-order valence-electron chi connectivity index (χ0n) is 8.16. The second-order valence-electron chi connectivity index (χ2n) is 2.75. The molecule has 0 amide bonds. The smallest absolute Gasteiger partial charge is 0.189 e. The minimum atomic E-state index is -0.738. The third-order valence-electron chi connectivity index (χ3n) is 1.72. The molecule has 0 atom stereocenters. The van der Waals surface area contributed by atoms with Crippen LogP contribution < -0.4 is 5.32 Å². The number of pyridine rings is 1. The van der Waals surface area contributed by atoms with Crippen LogP contribution in [-0.4, -0.2) is 27.2 Å². The normalized spacial score (nSPS) is 10.4. The highest BCUT2D eigenvalue weighted by molar-refractivity contribution is 7.99. The number of halogens is 2. The second kappa shape index (κ2) is 4.44. The molecular weight excluding hydrogens is 236 g/mol. The molecule has 5 nitrogen and oxygen atoms in total. The van der Waals surface area contributed by atoms with Crippen LogP contribution in [0.15, 0.2) is 22.6 Å². The van der Waals surface area contributed by atoms with Gasteiger partial charge in [-0.05, 0) is 11.8 Å². The van der Waals surface area contributed by atoms with Crippen LogP contribution in [0.4, 0.5) is 14.6 Å². The first-order valence-corrected chi connectivity index (χ1v) is 5.09. The van der Waals surface area contributed by atoms with Crippen LogP contribution in [0.5, 0.6) is 0 Å². The Morgan fingerprint density at radius 1 is 1.38 bits per heavy atom. The summed E-state index contributed by atoms with van der Waals surface area (Å²) >= 11 is 0.937. The van der Waals surface area contributed by atoms with E-state index in [1.54, 1.807) is 0 Å². The molecule has 0 unspecified atom stereocenters. The number of hydrogen-bond acceptors (Lipinski definition) is 5. The molecule has 2 aromatic heterocycles. The molecule has 0 spiro atoms. The first-order chi connectivity index (χ1) is 7.70. The summed E-state index contributed by atoms with van der Waals surface area (Å²) in [5.41, 5.74) is 0. The van der Waals surface area contributed by atoms with Crippen LogP contribution in [-0.2, 0) is 0 Å². The summed E-state index contributed by atoms with van der Waals surface area (Å²) < 4.78 is 26.4. The Bertz CT molecular complexity index is 487. The molecule has 0 saturated carbocycles. The first-order valence-electron chi connectivity index (χ1n) is 4.27. The van der Waals surface area contributed by atoms with Crippen molar-refractivity contribution in [1.82, 2.24) is 20.2 Å². The number of aromatic amines is 1. The Labute approximate surface area is 93.7 Å². The molecule has 84 valence electrons. The third-order valence-corrected chi connectivity index (χ3v) is 2.59. The fraction of sp³-hybridized carbons (Fsp3) is 0.125. The van der Waals surface area contributed by atoms with Gasteiger partial charge in [-0.2, -0.15) is 5.10 Å². The fourth-order valence-corrected chi connectivity index (χ4v) is 1.71. The van der Waals surface area contributed by atoms with E-state index in [0.29, 0.717) is 5.16 Å². The van der Waals surface area contributed by atoms with E-state index in [1.807, 2.05) is 0 Å². The molecule has 0 saturated heterocycles. The van der Waals surface area contributed by atoms with Gasteiger partial charge in [0.05, 0.1) is 0 Å². The number of anilines is 1. The number of aromatic nitrogens is 4. The maximum Gasteiger partial charge on any atom is 0.189 e. The van der Waals surface area contributed by atoms with Crippen molar-refractivity contribution in [3.63, 3.8) is 0 Å². The van der Waals surface area contributed by atoms with Gasteiger partial charge < -0.3 is 5.32 Å². The lowest BCUT2D eigenvalue weighted by atomic mass is 10.4. The van der Waals surface area contributed by atoms with E-state index in [2.05, 4.69) is 25.5 Å². The second-order valence-corrected chi connectivity index (χ2v) is 3.73. The Morgan fingerprint density at radius 3 is 2.81 bits per heavy atom. The van der Waals surface area contributed by atoms with Crippen LogP contribution in [0.2, 0.25) is 0 Å². The summed E-state index contributed by atoms with van der Waals surface area (Å²) in [5, 5.41) is 9.11. The monoisotopic (exact) mass is 243 g/mol. The van der Waals surface area contributed by atoms with E-state index in [1.165, 1.54) is 13.4 Å². The number of nitrogens with zero attached hydrogens (tertiary/aromatic N) is 3. The van der Waals surface area contributed by atoms with Crippen molar-refractivity contribution in [2.24, 2.45) is 0 Å². The Hall–Kier alpha value is -1.70. The van der Waals surface area contributed by atoms with Crippen molar-refractivity contribution < 1.29 is 8.78 Å². The highest BCUT2D eigenvalue weighted by Gasteiger charge is 2.13. The van der Waals surface area contributed by atoms with Gasteiger partial charge in [0.2, 0.25) is 0 Å². The SMILES string of the molecule is CNc1nc(Sc2ncn[nH]2)c(F)cc1F. The number of hydrogen-bond donors (Lipinski definition) is 2. The molecule has 0 aromatic carbocycles. The van der Waals surface area contributed by atoms with Crippen LogP contribution in [0, 0.1) is 11.6 Å². The van der Waals surface area contributed by atoms with Crippen molar-refractivity contribution in [3.8, 4) is 0 Å². The van der Waals surface area contributed by atoms with Gasteiger partial charge in [-0.1, -0.05) is 0 Å². The van der Waals surface area contributed by atoms with Crippen molar-refractivity contribution in [3.05, 3.63) is 24.0 Å². The molecule has 0 bridgehead atoms. The molecule has 2 N–H and O–H groups in total. The summed E-state index contributed by atoms with van der Waals surface area (Å²) in [4.78, 5) is 7.59. The Kier molecular flexibility index (Phi) is 3.00. The van der Waals surface area contributed by atoms with Gasteiger partial charge in [-0.3, -0.25) is 5.10 Å². The highest BCUT2D eigenvalue weighted by Crippen LogP contribution is 2.27. The lowest BCUT2D eigenvalue weighted by molar-refractivity contribution is 0.551. The minimum absolute atomic E-state index is 0.0107. The lowest BCUT2D eigenvalue weighted by Gasteiger charge is -2.04. The van der Waals surface area contributed by atoms with Crippen molar-refractivity contribution in [2.75, 3.05) is 12.4 Å². The third kappa shape index (κ3) is 2.11. The van der Waals surface area contributed by atoms with E-state index in [0.717, 1.165) is 17.8 Å². The maximum absolute atomic E-state index is 13.3. The molecule has 2 aromatic rings. The number of rotatable bonds is 3. The van der Waals surface area contributed by atoms with Gasteiger partial charge in [-0.15, -0.1) is 0 Å². The maximum atomic E-state index is 13.3. The van der Waals surface area contributed by atoms with Gasteiger partial charge in [0, 0.05) is 13.1 Å². The molecule has 0 aliphatic rings. The van der Waals surface area contributed by atoms with Crippen molar-refractivity contribution >= 4 is 17.6 Å². The van der Waals surface area contributed by atoms with Crippen molar-refractivity contribution in [2.45, 2.75) is 10.2 Å². The summed E-state index contributed by atoms with van der Waals surface area (Å²) in [7, 11) is 1.51. The molecule has 0 aliphatic heterocycles. The summed E-state index contributed by atoms with van der Waals surface area (Å²) in [6, 6.07) is 0.775. The largest absolute Gasteiger partial charge is 0.371 e. The quantitative estimate of drug-likeness (QED) is 0.858. The summed E-state index contributed by atoms with van der Waals surface area (Å²) in [6.45, 7) is 0. The average Bonchev–Trinajstić information content (AvgIpc) is 2.75. The standard InChI is InChI=1S/C8H7F2N5S/c1-11-6-4(9)2-5(10)7(14-6)16-8-12-3-13-15-8/h2-3H,1H3,(H,11,14)(H,12,13,15). The zero-order chi connectivity index (χ0) is 11.5.